The number of primary amides is 1. The zero-order chi connectivity index (χ0) is 21.4. The molecular weight excluding hydrogens is 409 g/mol. The number of nitrogens with one attached hydrogen (secondary N) is 1. The van der Waals surface area contributed by atoms with E-state index in [1.807, 2.05) is 0 Å². The summed E-state index contributed by atoms with van der Waals surface area (Å²) in [4.78, 5) is 34.5. The average molecular weight is 429 g/mol. The molecule has 1 aliphatic heterocycles. The van der Waals surface area contributed by atoms with Gasteiger partial charge in [-0.05, 0) is 24.6 Å². The van der Waals surface area contributed by atoms with Crippen molar-refractivity contribution in [3.63, 3.8) is 0 Å². The van der Waals surface area contributed by atoms with E-state index in [0.29, 0.717) is 57.4 Å². The average Bonchev–Trinajstić information content (AvgIpc) is 3.29. The molecule has 1 aliphatic rings. The van der Waals surface area contributed by atoms with E-state index in [0.717, 1.165) is 0 Å². The van der Waals surface area contributed by atoms with Gasteiger partial charge < -0.3 is 20.7 Å². The van der Waals surface area contributed by atoms with Crippen molar-refractivity contribution in [3.05, 3.63) is 40.8 Å². The van der Waals surface area contributed by atoms with E-state index in [4.69, 9.17) is 10.5 Å². The predicted octanol–water partition coefficient (Wildman–Crippen LogP) is 2.98. The lowest BCUT2D eigenvalue weighted by molar-refractivity contribution is -0.128. The fourth-order valence-corrected chi connectivity index (χ4v) is 4.52. The number of nitrogens with two attached hydrogens (primary N) is 1. The van der Waals surface area contributed by atoms with Crippen molar-refractivity contribution in [2.75, 3.05) is 18.4 Å². The second-order valence-electron chi connectivity index (χ2n) is 7.08. The first-order chi connectivity index (χ1) is 14.3. The van der Waals surface area contributed by atoms with Crippen molar-refractivity contribution in [2.24, 2.45) is 5.73 Å². The third kappa shape index (κ3) is 3.78. The molecule has 4 rings (SSSR count). The second-order valence-corrected chi connectivity index (χ2v) is 8.08. The number of carbonyl (C=O) groups is 2. The number of anilines is 2. The first-order valence-electron chi connectivity index (χ1n) is 9.36. The lowest BCUT2D eigenvalue weighted by atomic mass is 10.2. The maximum absolute atomic E-state index is 13.9. The van der Waals surface area contributed by atoms with Gasteiger partial charge in [-0.15, -0.1) is 11.3 Å². The highest BCUT2D eigenvalue weighted by atomic mass is 32.1. The van der Waals surface area contributed by atoms with Crippen molar-refractivity contribution in [1.82, 2.24) is 14.9 Å². The largest absolute Gasteiger partial charge is 0.486 e. The SMILES string of the molecule is CC(=O)N1CCC(Oc2cc(F)ccc2Nc2ncnc3sc(C(N)=O)c(C)c23)C1. The third-order valence-electron chi connectivity index (χ3n) is 5.03. The quantitative estimate of drug-likeness (QED) is 0.645. The molecule has 10 heteroatoms. The molecule has 2 amide bonds. The Balaban J connectivity index is 1.66. The lowest BCUT2D eigenvalue weighted by Gasteiger charge is -2.18. The van der Waals surface area contributed by atoms with E-state index in [1.54, 1.807) is 17.9 Å². The standard InChI is InChI=1S/C20H20FN5O3S/c1-10-16-19(23-9-24-20(16)30-17(10)18(22)28)25-14-4-3-12(21)7-15(14)29-13-5-6-26(8-13)11(2)27/h3-4,7,9,13H,5-6,8H2,1-2H3,(H2,22,28)(H,23,24,25). The normalized spacial score (nSPS) is 16.1. The molecule has 3 N–H and O–H groups in total. The molecular formula is C20H20FN5O3S. The van der Waals surface area contributed by atoms with Gasteiger partial charge in [0.25, 0.3) is 5.91 Å². The van der Waals surface area contributed by atoms with Crippen molar-refractivity contribution < 1.29 is 18.7 Å². The summed E-state index contributed by atoms with van der Waals surface area (Å²) in [5.41, 5.74) is 6.66. The summed E-state index contributed by atoms with van der Waals surface area (Å²) >= 11 is 1.20. The molecule has 3 heterocycles. The summed E-state index contributed by atoms with van der Waals surface area (Å²) in [5.74, 6) is -0.189. The van der Waals surface area contributed by atoms with Crippen LogP contribution in [-0.2, 0) is 4.79 Å². The van der Waals surface area contributed by atoms with Gasteiger partial charge >= 0.3 is 0 Å². The number of halogens is 1. The molecule has 0 aliphatic carbocycles. The molecule has 1 saturated heterocycles. The number of aromatic nitrogens is 2. The van der Waals surface area contributed by atoms with Crippen LogP contribution >= 0.6 is 11.3 Å². The Hall–Kier alpha value is -3.27. The summed E-state index contributed by atoms with van der Waals surface area (Å²) in [7, 11) is 0. The molecule has 1 unspecified atom stereocenters. The van der Waals surface area contributed by atoms with Crippen LogP contribution in [0.4, 0.5) is 15.9 Å². The Bertz CT molecular complexity index is 1150. The van der Waals surface area contributed by atoms with Gasteiger partial charge in [0.05, 0.1) is 22.5 Å². The second kappa shape index (κ2) is 7.86. The van der Waals surface area contributed by atoms with Gasteiger partial charge in [0.2, 0.25) is 5.91 Å². The van der Waals surface area contributed by atoms with Gasteiger partial charge in [0.1, 0.15) is 34.6 Å². The zero-order valence-electron chi connectivity index (χ0n) is 16.4. The van der Waals surface area contributed by atoms with Gasteiger partial charge in [-0.3, -0.25) is 9.59 Å². The Morgan fingerprint density at radius 2 is 2.17 bits per heavy atom. The van der Waals surface area contributed by atoms with E-state index in [1.165, 1.54) is 36.7 Å². The van der Waals surface area contributed by atoms with E-state index in [9.17, 15) is 14.0 Å². The summed E-state index contributed by atoms with van der Waals surface area (Å²) in [6.07, 6.45) is 1.82. The number of rotatable bonds is 5. The number of carbonyl (C=O) groups excluding carboxylic acids is 2. The van der Waals surface area contributed by atoms with Crippen LogP contribution in [0.25, 0.3) is 10.2 Å². The maximum Gasteiger partial charge on any atom is 0.259 e. The van der Waals surface area contributed by atoms with Gasteiger partial charge in [-0.2, -0.15) is 0 Å². The van der Waals surface area contributed by atoms with Gasteiger partial charge in [0, 0.05) is 26.0 Å². The summed E-state index contributed by atoms with van der Waals surface area (Å²) in [5, 5.41) is 3.85. The molecule has 1 aromatic carbocycles. The van der Waals surface area contributed by atoms with Crippen molar-refractivity contribution in [3.8, 4) is 5.75 Å². The fourth-order valence-electron chi connectivity index (χ4n) is 3.52. The predicted molar refractivity (Wildman–Crippen MR) is 112 cm³/mol. The minimum Gasteiger partial charge on any atom is -0.486 e. The van der Waals surface area contributed by atoms with Crippen LogP contribution in [0.2, 0.25) is 0 Å². The van der Waals surface area contributed by atoms with Crippen molar-refractivity contribution in [2.45, 2.75) is 26.4 Å². The van der Waals surface area contributed by atoms with Crippen LogP contribution in [0.5, 0.6) is 5.75 Å². The highest BCUT2D eigenvalue weighted by molar-refractivity contribution is 7.20. The number of fused-ring (bicyclic) bond motifs is 1. The number of hydrogen-bond acceptors (Lipinski definition) is 7. The first-order valence-corrected chi connectivity index (χ1v) is 10.2. The number of thiophene rings is 1. The molecule has 30 heavy (non-hydrogen) atoms. The highest BCUT2D eigenvalue weighted by Crippen LogP contribution is 2.36. The van der Waals surface area contributed by atoms with Crippen LogP contribution in [0.3, 0.4) is 0 Å². The Kier molecular flexibility index (Phi) is 5.25. The monoisotopic (exact) mass is 429 g/mol. The molecule has 0 spiro atoms. The van der Waals surface area contributed by atoms with Crippen LogP contribution in [-0.4, -0.2) is 45.9 Å². The van der Waals surface area contributed by atoms with Gasteiger partial charge in [-0.1, -0.05) is 0 Å². The highest BCUT2D eigenvalue weighted by Gasteiger charge is 2.26. The van der Waals surface area contributed by atoms with Crippen LogP contribution < -0.4 is 15.8 Å². The molecule has 3 aromatic rings. The lowest BCUT2D eigenvalue weighted by Crippen LogP contribution is -2.28. The summed E-state index contributed by atoms with van der Waals surface area (Å²) in [6, 6.07) is 4.18. The minimum absolute atomic E-state index is 0.0137. The number of aryl methyl sites for hydroxylation is 1. The first kappa shape index (κ1) is 20.0. The number of amides is 2. The Morgan fingerprint density at radius 3 is 2.87 bits per heavy atom. The van der Waals surface area contributed by atoms with Crippen molar-refractivity contribution in [1.29, 1.82) is 0 Å². The molecule has 156 valence electrons. The van der Waals surface area contributed by atoms with E-state index in [2.05, 4.69) is 15.3 Å². The molecule has 1 atom stereocenters. The number of likely N-dealkylation sites (tertiary alicyclic amines) is 1. The molecule has 2 aromatic heterocycles. The Morgan fingerprint density at radius 1 is 1.37 bits per heavy atom. The molecule has 0 saturated carbocycles. The Labute approximate surface area is 175 Å². The molecule has 0 radical (unpaired) electrons. The molecule has 8 nitrogen and oxygen atoms in total. The fraction of sp³-hybridized carbons (Fsp3) is 0.300. The van der Waals surface area contributed by atoms with Crippen LogP contribution in [0.15, 0.2) is 24.5 Å². The summed E-state index contributed by atoms with van der Waals surface area (Å²) < 4.78 is 19.9. The smallest absolute Gasteiger partial charge is 0.259 e. The zero-order valence-corrected chi connectivity index (χ0v) is 17.3. The van der Waals surface area contributed by atoms with Crippen LogP contribution in [0.1, 0.15) is 28.6 Å². The number of ether oxygens (including phenoxy) is 1. The maximum atomic E-state index is 13.9. The van der Waals surface area contributed by atoms with Crippen LogP contribution in [0, 0.1) is 12.7 Å². The number of nitrogens with zero attached hydrogens (tertiary/aromatic N) is 3. The minimum atomic E-state index is -0.525. The number of hydrogen-bond donors (Lipinski definition) is 2. The van der Waals surface area contributed by atoms with Crippen molar-refractivity contribution >= 4 is 44.9 Å². The third-order valence-corrected chi connectivity index (χ3v) is 6.25. The number of benzene rings is 1. The van der Waals surface area contributed by atoms with E-state index >= 15 is 0 Å². The topological polar surface area (TPSA) is 110 Å². The summed E-state index contributed by atoms with van der Waals surface area (Å²) in [6.45, 7) is 4.36. The van der Waals surface area contributed by atoms with Gasteiger partial charge in [-0.25, -0.2) is 14.4 Å². The van der Waals surface area contributed by atoms with E-state index < -0.39 is 11.7 Å². The van der Waals surface area contributed by atoms with Gasteiger partial charge in [0.15, 0.2) is 0 Å². The molecule has 0 bridgehead atoms. The molecule has 1 fully saturated rings. The van der Waals surface area contributed by atoms with E-state index in [-0.39, 0.29) is 12.0 Å².